The van der Waals surface area contributed by atoms with Gasteiger partial charge in [-0.1, -0.05) is 129 Å². The summed E-state index contributed by atoms with van der Waals surface area (Å²) in [6.45, 7) is 7.64. The molecule has 0 fully saturated rings. The fraction of sp³-hybridized carbons (Fsp3) is 0.793. The topological polar surface area (TPSA) is 38.7 Å². The first kappa shape index (κ1) is 29.0. The molecule has 0 saturated heterocycles. The minimum absolute atomic E-state index is 0.167. The van der Waals surface area contributed by atoms with Crippen molar-refractivity contribution >= 4 is 0 Å². The van der Waals surface area contributed by atoms with Gasteiger partial charge in [-0.15, -0.1) is 0 Å². The van der Waals surface area contributed by atoms with Crippen LogP contribution in [-0.2, 0) is 4.74 Å². The molecule has 0 aliphatic rings. The highest BCUT2D eigenvalue weighted by molar-refractivity contribution is 5.20. The molecule has 0 bridgehead atoms. The van der Waals surface area contributed by atoms with E-state index in [1.807, 2.05) is 30.3 Å². The highest BCUT2D eigenvalue weighted by Crippen LogP contribution is 2.35. The molecule has 0 aromatic heterocycles. The average molecular weight is 449 g/mol. The van der Waals surface area contributed by atoms with Gasteiger partial charge in [0.05, 0.1) is 6.61 Å². The van der Waals surface area contributed by atoms with E-state index in [1.165, 1.54) is 89.9 Å². The molecule has 0 aliphatic carbocycles. The molecule has 1 unspecified atom stereocenters. The SMILES string of the molecule is CCCCCCCCCC(C)(CCCCCCCCC)C(O)OCCOc1ccccc1. The number of unbranched alkanes of at least 4 members (excludes halogenated alkanes) is 12. The van der Waals surface area contributed by atoms with Crippen LogP contribution in [0.1, 0.15) is 124 Å². The van der Waals surface area contributed by atoms with Crippen molar-refractivity contribution in [1.29, 1.82) is 0 Å². The molecule has 1 aromatic carbocycles. The second kappa shape index (κ2) is 19.4. The maximum atomic E-state index is 10.9. The van der Waals surface area contributed by atoms with Gasteiger partial charge in [0.25, 0.3) is 0 Å². The van der Waals surface area contributed by atoms with Crippen molar-refractivity contribution in [2.24, 2.45) is 5.41 Å². The Bertz CT molecular complexity index is 498. The Hall–Kier alpha value is -1.06. The summed E-state index contributed by atoms with van der Waals surface area (Å²) in [5.41, 5.74) is -0.167. The Morgan fingerprint density at radius 3 is 1.66 bits per heavy atom. The summed E-state index contributed by atoms with van der Waals surface area (Å²) in [5, 5.41) is 10.9. The van der Waals surface area contributed by atoms with Crippen molar-refractivity contribution in [3.05, 3.63) is 30.3 Å². The van der Waals surface area contributed by atoms with Crippen molar-refractivity contribution in [3.63, 3.8) is 0 Å². The molecule has 3 nitrogen and oxygen atoms in total. The van der Waals surface area contributed by atoms with Gasteiger partial charge in [0.2, 0.25) is 0 Å². The predicted molar refractivity (Wildman–Crippen MR) is 137 cm³/mol. The lowest BCUT2D eigenvalue weighted by Crippen LogP contribution is -2.35. The van der Waals surface area contributed by atoms with Gasteiger partial charge < -0.3 is 14.6 Å². The molecule has 0 spiro atoms. The number of benzene rings is 1. The van der Waals surface area contributed by atoms with Crippen LogP contribution < -0.4 is 4.74 Å². The first-order valence-corrected chi connectivity index (χ1v) is 13.6. The van der Waals surface area contributed by atoms with Crippen molar-refractivity contribution < 1.29 is 14.6 Å². The zero-order valence-electron chi connectivity index (χ0n) is 21.5. The monoisotopic (exact) mass is 448 g/mol. The second-order valence-corrected chi connectivity index (χ2v) is 9.78. The molecular weight excluding hydrogens is 396 g/mol. The molecule has 0 heterocycles. The summed E-state index contributed by atoms with van der Waals surface area (Å²) in [6.07, 6.45) is 19.6. The summed E-state index contributed by atoms with van der Waals surface area (Å²) in [5.74, 6) is 0.847. The smallest absolute Gasteiger partial charge is 0.160 e. The van der Waals surface area contributed by atoms with Gasteiger partial charge in [-0.3, -0.25) is 0 Å². The molecule has 1 rings (SSSR count). The van der Waals surface area contributed by atoms with Crippen LogP contribution in [0.5, 0.6) is 5.75 Å². The summed E-state index contributed by atoms with van der Waals surface area (Å²) in [4.78, 5) is 0. The van der Waals surface area contributed by atoms with Gasteiger partial charge in [-0.25, -0.2) is 0 Å². The number of aliphatic hydroxyl groups excluding tert-OH is 1. The van der Waals surface area contributed by atoms with Crippen molar-refractivity contribution in [2.45, 2.75) is 130 Å². The van der Waals surface area contributed by atoms with E-state index in [0.29, 0.717) is 13.2 Å². The Morgan fingerprint density at radius 2 is 1.16 bits per heavy atom. The maximum absolute atomic E-state index is 10.9. The third-order valence-electron chi connectivity index (χ3n) is 6.67. The van der Waals surface area contributed by atoms with E-state index in [4.69, 9.17) is 9.47 Å². The van der Waals surface area contributed by atoms with Crippen LogP contribution in [0.4, 0.5) is 0 Å². The number of ether oxygens (including phenoxy) is 2. The van der Waals surface area contributed by atoms with Gasteiger partial charge in [0.1, 0.15) is 12.4 Å². The first-order valence-electron chi connectivity index (χ1n) is 13.6. The number of para-hydroxylation sites is 1. The maximum Gasteiger partial charge on any atom is 0.160 e. The van der Waals surface area contributed by atoms with Crippen LogP contribution in [0.15, 0.2) is 30.3 Å². The molecule has 1 aromatic rings. The van der Waals surface area contributed by atoms with E-state index < -0.39 is 6.29 Å². The third-order valence-corrected chi connectivity index (χ3v) is 6.67. The fourth-order valence-electron chi connectivity index (χ4n) is 4.38. The van der Waals surface area contributed by atoms with Crippen LogP contribution in [0.2, 0.25) is 0 Å². The molecule has 32 heavy (non-hydrogen) atoms. The zero-order chi connectivity index (χ0) is 23.3. The molecule has 3 heteroatoms. The van der Waals surface area contributed by atoms with Crippen LogP contribution >= 0.6 is 0 Å². The van der Waals surface area contributed by atoms with Crippen molar-refractivity contribution in [1.82, 2.24) is 0 Å². The minimum Gasteiger partial charge on any atom is -0.491 e. The first-order chi connectivity index (χ1) is 15.6. The zero-order valence-corrected chi connectivity index (χ0v) is 21.5. The Kier molecular flexibility index (Phi) is 17.6. The lowest BCUT2D eigenvalue weighted by atomic mass is 9.79. The Morgan fingerprint density at radius 1 is 0.688 bits per heavy atom. The highest BCUT2D eigenvalue weighted by Gasteiger charge is 2.32. The molecule has 1 N–H and O–H groups in total. The molecule has 0 amide bonds. The standard InChI is InChI=1S/C29H52O3/c1-4-6-8-10-12-14-19-23-29(3,24-20-15-13-11-9-7-5-2)28(30)32-26-25-31-27-21-17-16-18-22-27/h16-18,21-22,28,30H,4-15,19-20,23-26H2,1-3H3. The van der Waals surface area contributed by atoms with Crippen LogP contribution in [-0.4, -0.2) is 24.6 Å². The van der Waals surface area contributed by atoms with Crippen LogP contribution in [0.3, 0.4) is 0 Å². The third kappa shape index (κ3) is 14.2. The number of rotatable bonds is 22. The predicted octanol–water partition coefficient (Wildman–Crippen LogP) is 8.69. The van der Waals surface area contributed by atoms with E-state index in [-0.39, 0.29) is 5.41 Å². The summed E-state index contributed by atoms with van der Waals surface area (Å²) in [7, 11) is 0. The van der Waals surface area contributed by atoms with E-state index in [1.54, 1.807) is 0 Å². The lowest BCUT2D eigenvalue weighted by molar-refractivity contribution is -0.179. The quantitative estimate of drug-likeness (QED) is 0.142. The van der Waals surface area contributed by atoms with Gasteiger partial charge in [0.15, 0.2) is 6.29 Å². The van der Waals surface area contributed by atoms with E-state index in [0.717, 1.165) is 18.6 Å². The number of hydrogen-bond donors (Lipinski definition) is 1. The van der Waals surface area contributed by atoms with Gasteiger partial charge in [0, 0.05) is 5.41 Å². The average Bonchev–Trinajstić information content (AvgIpc) is 2.81. The van der Waals surface area contributed by atoms with E-state index in [9.17, 15) is 5.11 Å². The van der Waals surface area contributed by atoms with Gasteiger partial charge in [-0.2, -0.15) is 0 Å². The number of hydrogen-bond acceptors (Lipinski definition) is 3. The normalized spacial score (nSPS) is 12.8. The molecule has 1 atom stereocenters. The summed E-state index contributed by atoms with van der Waals surface area (Å²) >= 11 is 0. The van der Waals surface area contributed by atoms with Crippen LogP contribution in [0.25, 0.3) is 0 Å². The summed E-state index contributed by atoms with van der Waals surface area (Å²) < 4.78 is 11.6. The van der Waals surface area contributed by atoms with Crippen LogP contribution in [0, 0.1) is 5.41 Å². The Balaban J connectivity index is 2.38. The molecule has 186 valence electrons. The van der Waals surface area contributed by atoms with Crippen molar-refractivity contribution in [3.8, 4) is 5.75 Å². The van der Waals surface area contributed by atoms with E-state index >= 15 is 0 Å². The largest absolute Gasteiger partial charge is 0.491 e. The van der Waals surface area contributed by atoms with Crippen molar-refractivity contribution in [2.75, 3.05) is 13.2 Å². The highest BCUT2D eigenvalue weighted by atomic mass is 16.6. The van der Waals surface area contributed by atoms with Gasteiger partial charge >= 0.3 is 0 Å². The Labute approximate surface area is 199 Å². The second-order valence-electron chi connectivity index (χ2n) is 9.78. The fourth-order valence-corrected chi connectivity index (χ4v) is 4.38. The van der Waals surface area contributed by atoms with E-state index in [2.05, 4.69) is 20.8 Å². The molecule has 0 saturated carbocycles. The lowest BCUT2D eigenvalue weighted by Gasteiger charge is -2.34. The summed E-state index contributed by atoms with van der Waals surface area (Å²) in [6, 6.07) is 9.80. The van der Waals surface area contributed by atoms with Gasteiger partial charge in [-0.05, 0) is 25.0 Å². The molecule has 0 aliphatic heterocycles. The molecular formula is C29H52O3. The number of aliphatic hydroxyl groups is 1. The molecule has 0 radical (unpaired) electrons. The minimum atomic E-state index is -0.720.